The van der Waals surface area contributed by atoms with E-state index in [1.54, 1.807) is 19.2 Å². The van der Waals surface area contributed by atoms with Crippen molar-refractivity contribution in [1.82, 2.24) is 14.9 Å². The van der Waals surface area contributed by atoms with E-state index in [1.807, 2.05) is 32.4 Å². The largest absolute Gasteiger partial charge is 0.372 e. The van der Waals surface area contributed by atoms with Gasteiger partial charge in [0.05, 0.1) is 0 Å². The Morgan fingerprint density at radius 1 is 1.04 bits per heavy atom. The number of carbonyl (C=O) groups excluding carboxylic acids is 1. The SMILES string of the molecule is CNc1ccc(S(=O)(=O)NC(=O)Nc2c(C(C)C)cc(Cl)cc2C(C)C)nn1. The van der Waals surface area contributed by atoms with Crippen LogP contribution in [-0.4, -0.2) is 31.7 Å². The summed E-state index contributed by atoms with van der Waals surface area (Å²) >= 11 is 6.21. The van der Waals surface area contributed by atoms with Crippen molar-refractivity contribution in [3.63, 3.8) is 0 Å². The maximum absolute atomic E-state index is 12.5. The van der Waals surface area contributed by atoms with Gasteiger partial charge in [0.15, 0.2) is 5.03 Å². The lowest BCUT2D eigenvalue weighted by Gasteiger charge is -2.21. The number of urea groups is 1. The fourth-order valence-corrected chi connectivity index (χ4v) is 3.65. The summed E-state index contributed by atoms with van der Waals surface area (Å²) in [6.45, 7) is 7.87. The molecule has 0 aliphatic heterocycles. The number of sulfonamides is 1. The summed E-state index contributed by atoms with van der Waals surface area (Å²) in [5, 5.41) is 12.9. The van der Waals surface area contributed by atoms with Crippen LogP contribution in [0.5, 0.6) is 0 Å². The van der Waals surface area contributed by atoms with Crippen LogP contribution in [0.1, 0.15) is 50.7 Å². The van der Waals surface area contributed by atoms with E-state index in [9.17, 15) is 13.2 Å². The van der Waals surface area contributed by atoms with Crippen LogP contribution in [0.2, 0.25) is 5.02 Å². The maximum atomic E-state index is 12.5. The van der Waals surface area contributed by atoms with E-state index >= 15 is 0 Å². The summed E-state index contributed by atoms with van der Waals surface area (Å²) in [6, 6.07) is 5.36. The van der Waals surface area contributed by atoms with Crippen LogP contribution in [0, 0.1) is 0 Å². The highest BCUT2D eigenvalue weighted by Crippen LogP contribution is 2.35. The molecule has 8 nitrogen and oxygen atoms in total. The standard InChI is InChI=1S/C18H24ClN5O3S/c1-10(2)13-8-12(19)9-14(11(3)4)17(13)21-18(25)24-28(26,27)16-7-6-15(20-5)22-23-16/h6-11H,1-5H3,(H,20,22)(H2,21,24,25). The molecule has 2 amide bonds. The molecule has 2 aromatic rings. The van der Waals surface area contributed by atoms with Crippen molar-refractivity contribution >= 4 is 39.2 Å². The van der Waals surface area contributed by atoms with Gasteiger partial charge in [-0.05, 0) is 47.2 Å². The monoisotopic (exact) mass is 425 g/mol. The average molecular weight is 426 g/mol. The van der Waals surface area contributed by atoms with Crippen LogP contribution in [0.4, 0.5) is 16.3 Å². The van der Waals surface area contributed by atoms with E-state index in [2.05, 4.69) is 20.8 Å². The fourth-order valence-electron chi connectivity index (χ4n) is 2.61. The number of hydrogen-bond acceptors (Lipinski definition) is 6. The van der Waals surface area contributed by atoms with Gasteiger partial charge in [-0.15, -0.1) is 10.2 Å². The summed E-state index contributed by atoms with van der Waals surface area (Å²) in [4.78, 5) is 12.5. The number of nitrogens with one attached hydrogen (secondary N) is 3. The Morgan fingerprint density at radius 3 is 2.04 bits per heavy atom. The van der Waals surface area contributed by atoms with Gasteiger partial charge in [-0.25, -0.2) is 9.52 Å². The number of aromatic nitrogens is 2. The molecule has 2 rings (SSSR count). The fraction of sp³-hybridized carbons (Fsp3) is 0.389. The molecule has 0 saturated heterocycles. The van der Waals surface area contributed by atoms with Gasteiger partial charge in [0, 0.05) is 17.8 Å². The Labute approximate surface area is 170 Å². The van der Waals surface area contributed by atoms with E-state index in [4.69, 9.17) is 11.6 Å². The summed E-state index contributed by atoms with van der Waals surface area (Å²) in [5.74, 6) is 0.554. The molecule has 0 bridgehead atoms. The lowest BCUT2D eigenvalue weighted by molar-refractivity contribution is 0.256. The second kappa shape index (κ2) is 8.74. The average Bonchev–Trinajstić information content (AvgIpc) is 2.62. The smallest absolute Gasteiger partial charge is 0.333 e. The highest BCUT2D eigenvalue weighted by Gasteiger charge is 2.23. The molecule has 28 heavy (non-hydrogen) atoms. The van der Waals surface area contributed by atoms with Crippen LogP contribution in [0.25, 0.3) is 0 Å². The molecule has 0 fully saturated rings. The number of halogens is 1. The van der Waals surface area contributed by atoms with Gasteiger partial charge in [0.1, 0.15) is 5.82 Å². The quantitative estimate of drug-likeness (QED) is 0.646. The number of anilines is 2. The van der Waals surface area contributed by atoms with E-state index in [0.717, 1.165) is 11.1 Å². The van der Waals surface area contributed by atoms with Crippen LogP contribution >= 0.6 is 11.6 Å². The second-order valence-electron chi connectivity index (χ2n) is 6.84. The minimum atomic E-state index is -4.17. The van der Waals surface area contributed by atoms with Gasteiger partial charge >= 0.3 is 6.03 Å². The van der Waals surface area contributed by atoms with E-state index < -0.39 is 16.1 Å². The maximum Gasteiger partial charge on any atom is 0.333 e. The van der Waals surface area contributed by atoms with E-state index in [1.165, 1.54) is 12.1 Å². The third-order valence-electron chi connectivity index (χ3n) is 4.05. The molecule has 0 spiro atoms. The molecule has 3 N–H and O–H groups in total. The molecule has 10 heteroatoms. The summed E-state index contributed by atoms with van der Waals surface area (Å²) < 4.78 is 26.8. The topological polar surface area (TPSA) is 113 Å². The van der Waals surface area contributed by atoms with Crippen LogP contribution < -0.4 is 15.4 Å². The minimum Gasteiger partial charge on any atom is -0.372 e. The molecular formula is C18H24ClN5O3S. The minimum absolute atomic E-state index is 0.0723. The number of benzene rings is 1. The first kappa shape index (κ1) is 21.9. The predicted molar refractivity (Wildman–Crippen MR) is 111 cm³/mol. The first-order valence-electron chi connectivity index (χ1n) is 8.73. The number of rotatable bonds is 6. The highest BCUT2D eigenvalue weighted by molar-refractivity contribution is 7.90. The molecule has 1 aromatic carbocycles. The lowest BCUT2D eigenvalue weighted by Crippen LogP contribution is -2.35. The third-order valence-corrected chi connectivity index (χ3v) is 5.49. The van der Waals surface area contributed by atoms with E-state index in [-0.39, 0.29) is 16.9 Å². The Balaban J connectivity index is 2.31. The van der Waals surface area contributed by atoms with Crippen molar-refractivity contribution < 1.29 is 13.2 Å². The summed E-state index contributed by atoms with van der Waals surface area (Å²) in [6.07, 6.45) is 0. The molecule has 0 radical (unpaired) electrons. The van der Waals surface area contributed by atoms with Crippen LogP contribution in [0.3, 0.4) is 0 Å². The van der Waals surface area contributed by atoms with Gasteiger partial charge < -0.3 is 10.6 Å². The zero-order valence-corrected chi connectivity index (χ0v) is 17.9. The van der Waals surface area contributed by atoms with Crippen molar-refractivity contribution in [2.45, 2.75) is 44.6 Å². The van der Waals surface area contributed by atoms with E-state index in [0.29, 0.717) is 16.5 Å². The van der Waals surface area contributed by atoms with Gasteiger partial charge in [0.25, 0.3) is 10.0 Å². The van der Waals surface area contributed by atoms with Crippen molar-refractivity contribution in [1.29, 1.82) is 0 Å². The number of carbonyl (C=O) groups is 1. The molecule has 0 unspecified atom stereocenters. The van der Waals surface area contributed by atoms with Gasteiger partial charge in [-0.3, -0.25) is 0 Å². The van der Waals surface area contributed by atoms with Crippen LogP contribution in [-0.2, 0) is 10.0 Å². The van der Waals surface area contributed by atoms with Crippen molar-refractivity contribution in [2.75, 3.05) is 17.7 Å². The Hall–Kier alpha value is -2.39. The number of nitrogens with zero attached hydrogens (tertiary/aromatic N) is 2. The first-order chi connectivity index (χ1) is 13.0. The Morgan fingerprint density at radius 2 is 1.61 bits per heavy atom. The van der Waals surface area contributed by atoms with Gasteiger partial charge in [0.2, 0.25) is 0 Å². The number of amides is 2. The Bertz CT molecular complexity index is 931. The molecule has 0 aliphatic rings. The van der Waals surface area contributed by atoms with Crippen LogP contribution in [0.15, 0.2) is 29.3 Å². The normalized spacial score (nSPS) is 11.6. The predicted octanol–water partition coefficient (Wildman–Crippen LogP) is 3.93. The van der Waals surface area contributed by atoms with Crippen molar-refractivity contribution in [3.05, 3.63) is 40.4 Å². The van der Waals surface area contributed by atoms with Crippen molar-refractivity contribution in [3.8, 4) is 0 Å². The molecule has 1 aromatic heterocycles. The second-order valence-corrected chi connectivity index (χ2v) is 8.90. The third kappa shape index (κ3) is 5.11. The molecular weight excluding hydrogens is 402 g/mol. The first-order valence-corrected chi connectivity index (χ1v) is 10.6. The summed E-state index contributed by atoms with van der Waals surface area (Å²) in [7, 11) is -2.53. The van der Waals surface area contributed by atoms with Gasteiger partial charge in [-0.2, -0.15) is 8.42 Å². The molecule has 0 saturated carbocycles. The zero-order chi connectivity index (χ0) is 21.1. The van der Waals surface area contributed by atoms with Crippen molar-refractivity contribution in [2.24, 2.45) is 0 Å². The molecule has 0 aliphatic carbocycles. The molecule has 1 heterocycles. The summed E-state index contributed by atoms with van der Waals surface area (Å²) in [5.41, 5.74) is 2.20. The highest BCUT2D eigenvalue weighted by atomic mass is 35.5. The lowest BCUT2D eigenvalue weighted by atomic mass is 9.92. The molecule has 152 valence electrons. The zero-order valence-electron chi connectivity index (χ0n) is 16.4. The number of hydrogen-bond donors (Lipinski definition) is 3. The Kier molecular flexibility index (Phi) is 6.84. The van der Waals surface area contributed by atoms with Gasteiger partial charge in [-0.1, -0.05) is 39.3 Å². The molecule has 0 atom stereocenters.